The van der Waals surface area contributed by atoms with Crippen molar-refractivity contribution in [3.8, 4) is 10.8 Å². The minimum atomic E-state index is -0.115. The van der Waals surface area contributed by atoms with E-state index in [2.05, 4.69) is 33.2 Å². The van der Waals surface area contributed by atoms with E-state index in [-0.39, 0.29) is 10.8 Å². The van der Waals surface area contributed by atoms with Gasteiger partial charge in [-0.25, -0.2) is 4.98 Å². The van der Waals surface area contributed by atoms with Gasteiger partial charge in [0.2, 0.25) is 0 Å². The molecule has 0 radical (unpaired) electrons. The maximum atomic E-state index is 12.6. The molecule has 1 N–H and O–H groups in total. The number of nitrogens with zero attached hydrogens (tertiary/aromatic N) is 3. The largest absolute Gasteiger partial charge is 0.410 e. The van der Waals surface area contributed by atoms with Crippen molar-refractivity contribution in [3.05, 3.63) is 43.1 Å². The smallest absolute Gasteiger partial charge is 0.277 e. The molecular formula is C21H22N4O2S3. The van der Waals surface area contributed by atoms with Gasteiger partial charge in [0, 0.05) is 9.75 Å². The van der Waals surface area contributed by atoms with Crippen molar-refractivity contribution < 1.29 is 4.42 Å². The second-order valence-corrected chi connectivity index (χ2v) is 11.6. The Kier molecular flexibility index (Phi) is 5.07. The first-order chi connectivity index (χ1) is 14.4. The molecule has 0 saturated heterocycles. The Balaban J connectivity index is 1.38. The zero-order chi connectivity index (χ0) is 21.0. The molecule has 0 aliphatic heterocycles. The highest BCUT2D eigenvalue weighted by Crippen LogP contribution is 2.39. The Hall–Kier alpha value is -1.97. The summed E-state index contributed by atoms with van der Waals surface area (Å²) < 4.78 is 5.94. The summed E-state index contributed by atoms with van der Waals surface area (Å²) in [6.07, 6.45) is 3.51. The molecule has 1 aliphatic carbocycles. The number of H-pyrrole nitrogens is 1. The van der Waals surface area contributed by atoms with Crippen LogP contribution in [0.25, 0.3) is 21.0 Å². The fourth-order valence-corrected chi connectivity index (χ4v) is 6.75. The lowest BCUT2D eigenvalue weighted by Crippen LogP contribution is -2.12. The zero-order valence-corrected chi connectivity index (χ0v) is 19.7. The van der Waals surface area contributed by atoms with Crippen LogP contribution in [0.2, 0.25) is 0 Å². The van der Waals surface area contributed by atoms with E-state index in [0.717, 1.165) is 38.9 Å². The Bertz CT molecular complexity index is 1300. The van der Waals surface area contributed by atoms with Crippen LogP contribution in [0.1, 0.15) is 52.2 Å². The van der Waals surface area contributed by atoms with Gasteiger partial charge in [0.1, 0.15) is 10.7 Å². The van der Waals surface area contributed by atoms with Crippen LogP contribution in [0.15, 0.2) is 20.5 Å². The van der Waals surface area contributed by atoms with E-state index in [1.54, 1.807) is 22.7 Å². The SMILES string of the molecule is Cc1sc2nc(C(C)Sc3nnc(-c4cc5c(s4)CCC(C)C5)o3)[nH]c(=O)c2c1C. The fraction of sp³-hybridized carbons (Fsp3) is 0.429. The Morgan fingerprint density at radius 2 is 2.13 bits per heavy atom. The first-order valence-corrected chi connectivity index (χ1v) is 12.5. The van der Waals surface area contributed by atoms with E-state index >= 15 is 0 Å². The number of aryl methyl sites for hydroxylation is 3. The average Bonchev–Trinajstić information content (AvgIpc) is 3.39. The van der Waals surface area contributed by atoms with Crippen LogP contribution in [0.5, 0.6) is 0 Å². The number of rotatable bonds is 4. The standard InChI is InChI=1S/C21H22N4O2S3/c1-9-5-6-14-13(7-9)8-15(30-14)19-24-25-21(27-19)29-12(4)17-22-18(26)16-10(2)11(3)28-20(16)23-17/h8-9,12H,5-7H2,1-4H3,(H,22,23,26). The number of aromatic nitrogens is 4. The maximum Gasteiger partial charge on any atom is 0.277 e. The topological polar surface area (TPSA) is 84.7 Å². The van der Waals surface area contributed by atoms with E-state index in [1.807, 2.05) is 20.8 Å². The van der Waals surface area contributed by atoms with Gasteiger partial charge in [0.15, 0.2) is 0 Å². The van der Waals surface area contributed by atoms with Gasteiger partial charge in [0.05, 0.1) is 15.5 Å². The van der Waals surface area contributed by atoms with Crippen LogP contribution in [0.3, 0.4) is 0 Å². The highest BCUT2D eigenvalue weighted by atomic mass is 32.2. The predicted octanol–water partition coefficient (Wildman–Crippen LogP) is 5.69. The minimum Gasteiger partial charge on any atom is -0.410 e. The van der Waals surface area contributed by atoms with Gasteiger partial charge in [0.25, 0.3) is 16.7 Å². The van der Waals surface area contributed by atoms with Crippen molar-refractivity contribution in [1.29, 1.82) is 0 Å². The molecule has 5 rings (SSSR count). The van der Waals surface area contributed by atoms with Crippen molar-refractivity contribution in [3.63, 3.8) is 0 Å². The number of thiophene rings is 2. The summed E-state index contributed by atoms with van der Waals surface area (Å²) in [5.74, 6) is 1.93. The van der Waals surface area contributed by atoms with Crippen molar-refractivity contribution >= 4 is 44.7 Å². The molecule has 0 spiro atoms. The van der Waals surface area contributed by atoms with Crippen LogP contribution >= 0.6 is 34.4 Å². The van der Waals surface area contributed by atoms with E-state index in [9.17, 15) is 4.79 Å². The summed E-state index contributed by atoms with van der Waals surface area (Å²) in [6.45, 7) is 8.27. The monoisotopic (exact) mass is 458 g/mol. The quantitative estimate of drug-likeness (QED) is 0.395. The highest BCUT2D eigenvalue weighted by molar-refractivity contribution is 7.99. The molecule has 30 heavy (non-hydrogen) atoms. The number of hydrogen-bond acceptors (Lipinski definition) is 8. The van der Waals surface area contributed by atoms with Gasteiger partial charge < -0.3 is 9.40 Å². The summed E-state index contributed by atoms with van der Waals surface area (Å²) in [7, 11) is 0. The fourth-order valence-electron chi connectivity index (χ4n) is 3.84. The third-order valence-electron chi connectivity index (χ3n) is 5.67. The summed E-state index contributed by atoms with van der Waals surface area (Å²) >= 11 is 4.73. The van der Waals surface area contributed by atoms with Gasteiger partial charge in [-0.3, -0.25) is 4.79 Å². The minimum absolute atomic E-state index is 0.0890. The van der Waals surface area contributed by atoms with E-state index in [1.165, 1.54) is 28.6 Å². The summed E-state index contributed by atoms with van der Waals surface area (Å²) in [5.41, 5.74) is 2.34. The molecule has 1 aliphatic rings. The van der Waals surface area contributed by atoms with Crippen LogP contribution in [0.4, 0.5) is 0 Å². The van der Waals surface area contributed by atoms with E-state index in [4.69, 9.17) is 4.42 Å². The van der Waals surface area contributed by atoms with E-state index in [0.29, 0.717) is 22.3 Å². The third kappa shape index (κ3) is 3.52. The normalized spacial score (nSPS) is 17.4. The molecule has 0 amide bonds. The van der Waals surface area contributed by atoms with Gasteiger partial charge in [-0.1, -0.05) is 18.7 Å². The van der Waals surface area contributed by atoms with Crippen LogP contribution in [-0.2, 0) is 12.8 Å². The molecule has 9 heteroatoms. The van der Waals surface area contributed by atoms with Crippen LogP contribution in [0, 0.1) is 19.8 Å². The van der Waals surface area contributed by atoms with Crippen LogP contribution in [-0.4, -0.2) is 20.2 Å². The van der Waals surface area contributed by atoms with Gasteiger partial charge in [-0.2, -0.15) is 0 Å². The molecule has 0 saturated carbocycles. The van der Waals surface area contributed by atoms with Gasteiger partial charge in [-0.15, -0.1) is 32.9 Å². The number of fused-ring (bicyclic) bond motifs is 2. The lowest BCUT2D eigenvalue weighted by Gasteiger charge is -2.16. The maximum absolute atomic E-state index is 12.6. The number of hydrogen-bond donors (Lipinski definition) is 1. The molecular weight excluding hydrogens is 436 g/mol. The lowest BCUT2D eigenvalue weighted by atomic mass is 9.90. The second kappa shape index (κ2) is 7.62. The Morgan fingerprint density at radius 1 is 1.30 bits per heavy atom. The Labute approximate surface area is 186 Å². The van der Waals surface area contributed by atoms with Crippen molar-refractivity contribution in [1.82, 2.24) is 20.2 Å². The summed E-state index contributed by atoms with van der Waals surface area (Å²) in [5, 5.41) is 9.54. The molecule has 0 fully saturated rings. The van der Waals surface area contributed by atoms with Gasteiger partial charge in [-0.05, 0) is 63.1 Å². The third-order valence-corrected chi connectivity index (χ3v) is 8.94. The Morgan fingerprint density at radius 3 is 2.97 bits per heavy atom. The molecule has 2 atom stereocenters. The van der Waals surface area contributed by atoms with Crippen molar-refractivity contribution in [2.75, 3.05) is 0 Å². The number of thioether (sulfide) groups is 1. The molecule has 2 unspecified atom stereocenters. The highest BCUT2D eigenvalue weighted by Gasteiger charge is 2.22. The summed E-state index contributed by atoms with van der Waals surface area (Å²) in [4.78, 5) is 24.6. The van der Waals surface area contributed by atoms with Crippen molar-refractivity contribution in [2.45, 2.75) is 57.4 Å². The zero-order valence-electron chi connectivity index (χ0n) is 17.2. The number of aromatic amines is 1. The molecule has 4 heterocycles. The molecule has 6 nitrogen and oxygen atoms in total. The average molecular weight is 459 g/mol. The molecule has 4 aromatic heterocycles. The van der Waals surface area contributed by atoms with Gasteiger partial charge >= 0.3 is 0 Å². The number of nitrogens with one attached hydrogen (secondary N) is 1. The predicted molar refractivity (Wildman–Crippen MR) is 123 cm³/mol. The summed E-state index contributed by atoms with van der Waals surface area (Å²) in [6, 6.07) is 2.20. The van der Waals surface area contributed by atoms with E-state index < -0.39 is 0 Å². The lowest BCUT2D eigenvalue weighted by molar-refractivity contribution is 0.465. The first kappa shape index (κ1) is 20.0. The molecule has 4 aromatic rings. The first-order valence-electron chi connectivity index (χ1n) is 10.0. The molecule has 156 valence electrons. The molecule has 0 bridgehead atoms. The second-order valence-electron chi connectivity index (χ2n) is 7.95. The van der Waals surface area contributed by atoms with Crippen LogP contribution < -0.4 is 5.56 Å². The van der Waals surface area contributed by atoms with Crippen molar-refractivity contribution in [2.24, 2.45) is 5.92 Å². The molecule has 0 aromatic carbocycles.